The van der Waals surface area contributed by atoms with Crippen LogP contribution < -0.4 is 9.47 Å². The maximum Gasteiger partial charge on any atom is 0.161 e. The van der Waals surface area contributed by atoms with Gasteiger partial charge < -0.3 is 9.47 Å². The first-order valence-corrected chi connectivity index (χ1v) is 6.14. The van der Waals surface area contributed by atoms with Gasteiger partial charge in [0.05, 0.1) is 0 Å². The SMILES string of the molecule is CCCC(C)c1ccc2c(c1)OCC(C)O2. The van der Waals surface area contributed by atoms with Gasteiger partial charge in [-0.05, 0) is 37.0 Å². The van der Waals surface area contributed by atoms with Crippen molar-refractivity contribution < 1.29 is 9.47 Å². The van der Waals surface area contributed by atoms with Gasteiger partial charge in [-0.3, -0.25) is 0 Å². The average molecular weight is 220 g/mol. The van der Waals surface area contributed by atoms with E-state index in [0.717, 1.165) is 11.5 Å². The normalized spacial score (nSPS) is 20.6. The highest BCUT2D eigenvalue weighted by molar-refractivity contribution is 5.44. The number of rotatable bonds is 3. The predicted molar refractivity (Wildman–Crippen MR) is 65.4 cm³/mol. The van der Waals surface area contributed by atoms with Gasteiger partial charge in [-0.2, -0.15) is 0 Å². The van der Waals surface area contributed by atoms with Crippen LogP contribution in [0.5, 0.6) is 11.5 Å². The lowest BCUT2D eigenvalue weighted by molar-refractivity contribution is 0.104. The molecule has 0 amide bonds. The molecule has 1 aromatic carbocycles. The summed E-state index contributed by atoms with van der Waals surface area (Å²) in [4.78, 5) is 0. The Labute approximate surface area is 97.6 Å². The van der Waals surface area contributed by atoms with E-state index in [4.69, 9.17) is 9.47 Å². The molecule has 0 N–H and O–H groups in total. The molecule has 0 aliphatic carbocycles. The first-order chi connectivity index (χ1) is 7.70. The van der Waals surface area contributed by atoms with Crippen LogP contribution in [0.3, 0.4) is 0 Å². The summed E-state index contributed by atoms with van der Waals surface area (Å²) in [7, 11) is 0. The molecule has 0 saturated carbocycles. The number of hydrogen-bond acceptors (Lipinski definition) is 2. The van der Waals surface area contributed by atoms with Crippen molar-refractivity contribution in [3.63, 3.8) is 0 Å². The standard InChI is InChI=1S/C14H20O2/c1-4-5-10(2)12-6-7-13-14(8-12)15-9-11(3)16-13/h6-8,10-11H,4-5,9H2,1-3H3. The van der Waals surface area contributed by atoms with Crippen molar-refractivity contribution in [2.24, 2.45) is 0 Å². The Morgan fingerprint density at radius 1 is 1.38 bits per heavy atom. The summed E-state index contributed by atoms with van der Waals surface area (Å²) >= 11 is 0. The Hall–Kier alpha value is -1.18. The van der Waals surface area contributed by atoms with Crippen molar-refractivity contribution in [3.05, 3.63) is 23.8 Å². The van der Waals surface area contributed by atoms with Crippen LogP contribution in [-0.2, 0) is 0 Å². The van der Waals surface area contributed by atoms with E-state index in [0.29, 0.717) is 12.5 Å². The Bertz CT molecular complexity index is 360. The fourth-order valence-electron chi connectivity index (χ4n) is 2.10. The molecule has 1 aromatic rings. The van der Waals surface area contributed by atoms with Crippen LogP contribution in [0, 0.1) is 0 Å². The van der Waals surface area contributed by atoms with Crippen molar-refractivity contribution >= 4 is 0 Å². The molecular formula is C14H20O2. The molecule has 2 heteroatoms. The minimum Gasteiger partial charge on any atom is -0.486 e. The molecule has 2 nitrogen and oxygen atoms in total. The largest absolute Gasteiger partial charge is 0.486 e. The van der Waals surface area contributed by atoms with Gasteiger partial charge >= 0.3 is 0 Å². The number of ether oxygens (including phenoxy) is 2. The van der Waals surface area contributed by atoms with E-state index >= 15 is 0 Å². The second kappa shape index (κ2) is 4.77. The fourth-order valence-corrected chi connectivity index (χ4v) is 2.10. The highest BCUT2D eigenvalue weighted by Gasteiger charge is 2.18. The molecule has 0 aromatic heterocycles. The van der Waals surface area contributed by atoms with E-state index in [1.165, 1.54) is 18.4 Å². The molecule has 0 bridgehead atoms. The zero-order valence-electron chi connectivity index (χ0n) is 10.3. The Morgan fingerprint density at radius 3 is 2.94 bits per heavy atom. The molecule has 0 radical (unpaired) electrons. The van der Waals surface area contributed by atoms with Gasteiger partial charge in [0.1, 0.15) is 12.7 Å². The topological polar surface area (TPSA) is 18.5 Å². The summed E-state index contributed by atoms with van der Waals surface area (Å²) in [5, 5.41) is 0. The average Bonchev–Trinajstić information content (AvgIpc) is 2.28. The summed E-state index contributed by atoms with van der Waals surface area (Å²) in [5.41, 5.74) is 1.35. The van der Waals surface area contributed by atoms with E-state index in [-0.39, 0.29) is 6.10 Å². The molecule has 1 aliphatic rings. The van der Waals surface area contributed by atoms with Crippen LogP contribution in [0.4, 0.5) is 0 Å². The van der Waals surface area contributed by atoms with Crippen LogP contribution in [0.15, 0.2) is 18.2 Å². The molecule has 2 atom stereocenters. The van der Waals surface area contributed by atoms with Gasteiger partial charge in [0.25, 0.3) is 0 Å². The molecule has 1 heterocycles. The van der Waals surface area contributed by atoms with Crippen molar-refractivity contribution in [1.82, 2.24) is 0 Å². The Morgan fingerprint density at radius 2 is 2.19 bits per heavy atom. The molecule has 0 spiro atoms. The van der Waals surface area contributed by atoms with E-state index < -0.39 is 0 Å². The third-order valence-corrected chi connectivity index (χ3v) is 3.06. The van der Waals surface area contributed by atoms with Crippen LogP contribution in [0.1, 0.15) is 45.1 Å². The lowest BCUT2D eigenvalue weighted by atomic mass is 9.96. The number of benzene rings is 1. The van der Waals surface area contributed by atoms with Crippen LogP contribution in [0.2, 0.25) is 0 Å². The van der Waals surface area contributed by atoms with Crippen LogP contribution >= 0.6 is 0 Å². The molecule has 16 heavy (non-hydrogen) atoms. The minimum atomic E-state index is 0.159. The molecule has 0 fully saturated rings. The number of hydrogen-bond donors (Lipinski definition) is 0. The summed E-state index contributed by atoms with van der Waals surface area (Å²) in [6, 6.07) is 6.31. The zero-order valence-corrected chi connectivity index (χ0v) is 10.3. The van der Waals surface area contributed by atoms with Crippen molar-refractivity contribution in [2.75, 3.05) is 6.61 Å². The van der Waals surface area contributed by atoms with Gasteiger partial charge in [-0.1, -0.05) is 26.3 Å². The van der Waals surface area contributed by atoms with Crippen LogP contribution in [-0.4, -0.2) is 12.7 Å². The minimum absolute atomic E-state index is 0.159. The highest BCUT2D eigenvalue weighted by Crippen LogP contribution is 2.35. The van der Waals surface area contributed by atoms with Crippen LogP contribution in [0.25, 0.3) is 0 Å². The lowest BCUT2D eigenvalue weighted by Crippen LogP contribution is -2.25. The van der Waals surface area contributed by atoms with E-state index in [1.54, 1.807) is 0 Å². The van der Waals surface area contributed by atoms with Crippen molar-refractivity contribution in [2.45, 2.75) is 45.6 Å². The zero-order chi connectivity index (χ0) is 11.5. The second-order valence-corrected chi connectivity index (χ2v) is 4.64. The summed E-state index contributed by atoms with van der Waals surface area (Å²) in [6.07, 6.45) is 2.59. The summed E-state index contributed by atoms with van der Waals surface area (Å²) < 4.78 is 11.4. The van der Waals surface area contributed by atoms with Gasteiger partial charge in [0, 0.05) is 0 Å². The summed E-state index contributed by atoms with van der Waals surface area (Å²) in [5.74, 6) is 2.38. The third-order valence-electron chi connectivity index (χ3n) is 3.06. The summed E-state index contributed by atoms with van der Waals surface area (Å²) in [6.45, 7) is 7.16. The molecule has 2 rings (SSSR count). The predicted octanol–water partition coefficient (Wildman–Crippen LogP) is 3.75. The smallest absolute Gasteiger partial charge is 0.161 e. The highest BCUT2D eigenvalue weighted by atomic mass is 16.6. The molecule has 1 aliphatic heterocycles. The van der Waals surface area contributed by atoms with Crippen molar-refractivity contribution in [3.8, 4) is 11.5 Å². The fraction of sp³-hybridized carbons (Fsp3) is 0.571. The lowest BCUT2D eigenvalue weighted by Gasteiger charge is -2.25. The van der Waals surface area contributed by atoms with E-state index in [1.807, 2.05) is 13.0 Å². The Balaban J connectivity index is 2.19. The van der Waals surface area contributed by atoms with Gasteiger partial charge in [0.15, 0.2) is 11.5 Å². The maximum absolute atomic E-state index is 5.70. The molecule has 2 unspecified atom stereocenters. The first-order valence-electron chi connectivity index (χ1n) is 6.14. The monoisotopic (exact) mass is 220 g/mol. The van der Waals surface area contributed by atoms with Gasteiger partial charge in [0.2, 0.25) is 0 Å². The quantitative estimate of drug-likeness (QED) is 0.772. The van der Waals surface area contributed by atoms with E-state index in [9.17, 15) is 0 Å². The molecule has 0 saturated heterocycles. The first kappa shape index (κ1) is 11.3. The van der Waals surface area contributed by atoms with E-state index in [2.05, 4.69) is 26.0 Å². The van der Waals surface area contributed by atoms with Gasteiger partial charge in [-0.15, -0.1) is 0 Å². The van der Waals surface area contributed by atoms with Gasteiger partial charge in [-0.25, -0.2) is 0 Å². The maximum atomic E-state index is 5.70. The molecule has 88 valence electrons. The molecular weight excluding hydrogens is 200 g/mol. The van der Waals surface area contributed by atoms with Crippen molar-refractivity contribution in [1.29, 1.82) is 0 Å². The Kier molecular flexibility index (Phi) is 3.37. The second-order valence-electron chi connectivity index (χ2n) is 4.64. The third kappa shape index (κ3) is 2.31. The number of fused-ring (bicyclic) bond motifs is 1.